The van der Waals surface area contributed by atoms with Crippen LogP contribution in [0.25, 0.3) is 11.1 Å². The summed E-state index contributed by atoms with van der Waals surface area (Å²) in [6.07, 6.45) is 2.48. The van der Waals surface area contributed by atoms with Crippen LogP contribution >= 0.6 is 11.6 Å². The highest BCUT2D eigenvalue weighted by Gasteiger charge is 2.35. The van der Waals surface area contributed by atoms with Crippen LogP contribution in [0.1, 0.15) is 32.3 Å². The molecule has 0 saturated carbocycles. The molecule has 0 aromatic heterocycles. The number of piperazine rings is 1. The van der Waals surface area contributed by atoms with Gasteiger partial charge in [-0.05, 0) is 51.0 Å². The zero-order valence-electron chi connectivity index (χ0n) is 20.9. The van der Waals surface area contributed by atoms with E-state index < -0.39 is 11.6 Å². The summed E-state index contributed by atoms with van der Waals surface area (Å²) in [7, 11) is 0. The zero-order valence-corrected chi connectivity index (χ0v) is 21.6. The van der Waals surface area contributed by atoms with Gasteiger partial charge in [0, 0.05) is 54.5 Å². The number of rotatable bonds is 6. The number of fused-ring (bicyclic) bond motifs is 1. The number of carbonyl (C=O) groups excluding carboxylic acids is 1. The number of aliphatic hydroxyl groups is 1. The Kier molecular flexibility index (Phi) is 8.04. The summed E-state index contributed by atoms with van der Waals surface area (Å²) in [5.74, 6) is -1.15. The average Bonchev–Trinajstić information content (AvgIpc) is 2.88. The maximum atomic E-state index is 14.8. The van der Waals surface area contributed by atoms with E-state index in [2.05, 4.69) is 11.9 Å². The molecule has 0 bridgehead atoms. The highest BCUT2D eigenvalue weighted by Crippen LogP contribution is 2.47. The molecule has 3 atom stereocenters. The number of benzene rings is 2. The molecule has 10 heteroatoms. The van der Waals surface area contributed by atoms with E-state index in [0.717, 1.165) is 12.1 Å². The number of ether oxygens (including phenoxy) is 1. The molecule has 0 spiro atoms. The monoisotopic (exact) mass is 532 g/mol. The predicted molar refractivity (Wildman–Crippen MR) is 140 cm³/mol. The van der Waals surface area contributed by atoms with Crippen LogP contribution < -0.4 is 10.1 Å². The van der Waals surface area contributed by atoms with Crippen molar-refractivity contribution in [2.75, 3.05) is 31.6 Å². The molecular weight excluding hydrogens is 502 g/mol. The van der Waals surface area contributed by atoms with Crippen LogP contribution in [0.5, 0.6) is 5.75 Å². The summed E-state index contributed by atoms with van der Waals surface area (Å²) < 4.78 is 34.5. The van der Waals surface area contributed by atoms with Crippen molar-refractivity contribution in [1.29, 1.82) is 5.41 Å². The molecule has 37 heavy (non-hydrogen) atoms. The first-order valence-corrected chi connectivity index (χ1v) is 12.6. The van der Waals surface area contributed by atoms with Gasteiger partial charge in [0.1, 0.15) is 24.1 Å². The number of amidine groups is 1. The Morgan fingerprint density at radius 2 is 1.97 bits per heavy atom. The van der Waals surface area contributed by atoms with Crippen molar-refractivity contribution in [2.24, 2.45) is 0 Å². The zero-order chi connectivity index (χ0) is 26.9. The van der Waals surface area contributed by atoms with Crippen LogP contribution in [0, 0.1) is 17.0 Å². The molecular formula is C27H31ClF2N4O3. The van der Waals surface area contributed by atoms with Crippen LogP contribution in [0.3, 0.4) is 0 Å². The second kappa shape index (κ2) is 11.1. The SMILES string of the molecule is C=CC(=O)N1C[C@H](C)N(C(=N)c2cc(Cl)c(-c3ccc(F)cc3F)c3c2N[C@@H](CCCO)CO3)C[C@H]1C. The number of amides is 1. The lowest BCUT2D eigenvalue weighted by atomic mass is 9.96. The third-order valence-corrected chi connectivity index (χ3v) is 7.21. The molecule has 4 rings (SSSR count). The van der Waals surface area contributed by atoms with Gasteiger partial charge in [-0.1, -0.05) is 18.2 Å². The van der Waals surface area contributed by atoms with E-state index in [1.54, 1.807) is 11.0 Å². The Morgan fingerprint density at radius 1 is 1.27 bits per heavy atom. The lowest BCUT2D eigenvalue weighted by Gasteiger charge is -2.45. The van der Waals surface area contributed by atoms with Crippen molar-refractivity contribution < 1.29 is 23.4 Å². The fraction of sp³-hybridized carbons (Fsp3) is 0.407. The summed E-state index contributed by atoms with van der Waals surface area (Å²) in [5.41, 5.74) is 1.34. The topological polar surface area (TPSA) is 88.9 Å². The van der Waals surface area contributed by atoms with Crippen molar-refractivity contribution >= 4 is 29.0 Å². The lowest BCUT2D eigenvalue weighted by molar-refractivity contribution is -0.130. The molecule has 1 saturated heterocycles. The molecule has 1 amide bonds. The quantitative estimate of drug-likeness (QED) is 0.286. The molecule has 7 nitrogen and oxygen atoms in total. The second-order valence-electron chi connectivity index (χ2n) is 9.52. The number of nitrogens with zero attached hydrogens (tertiary/aromatic N) is 2. The highest BCUT2D eigenvalue weighted by atomic mass is 35.5. The van der Waals surface area contributed by atoms with E-state index in [9.17, 15) is 18.7 Å². The largest absolute Gasteiger partial charge is 0.489 e. The van der Waals surface area contributed by atoms with Crippen molar-refractivity contribution in [2.45, 2.75) is 44.8 Å². The lowest BCUT2D eigenvalue weighted by Crippen LogP contribution is -2.59. The summed E-state index contributed by atoms with van der Waals surface area (Å²) in [6.45, 7) is 8.57. The molecule has 0 radical (unpaired) electrons. The fourth-order valence-electron chi connectivity index (χ4n) is 4.98. The summed E-state index contributed by atoms with van der Waals surface area (Å²) >= 11 is 6.68. The molecule has 2 aromatic carbocycles. The van der Waals surface area contributed by atoms with E-state index >= 15 is 0 Å². The van der Waals surface area contributed by atoms with Gasteiger partial charge >= 0.3 is 0 Å². The fourth-order valence-corrected chi connectivity index (χ4v) is 5.28. The Bertz CT molecular complexity index is 1220. The van der Waals surface area contributed by atoms with Crippen molar-refractivity contribution in [3.63, 3.8) is 0 Å². The molecule has 2 aliphatic rings. The Hall–Kier alpha value is -3.17. The van der Waals surface area contributed by atoms with Crippen LogP contribution in [0.2, 0.25) is 5.02 Å². The Balaban J connectivity index is 1.77. The van der Waals surface area contributed by atoms with Gasteiger partial charge in [-0.2, -0.15) is 0 Å². The number of hydrogen-bond donors (Lipinski definition) is 3. The molecule has 2 aliphatic heterocycles. The van der Waals surface area contributed by atoms with Gasteiger partial charge in [0.25, 0.3) is 0 Å². The number of anilines is 1. The standard InChI is InChI=1S/C27H31ClF2N4O3/c1-4-23(36)33-12-16(3)34(13-15(33)2)27(31)20-11-21(28)24(19-8-7-17(29)10-22(19)30)26-25(20)32-18(14-37-26)6-5-9-35/h4,7-8,10-11,15-16,18,31-32,35H,1,5-6,9,12-14H2,2-3H3/t15-,16+,18+/m1/s1. The molecule has 0 unspecified atom stereocenters. The smallest absolute Gasteiger partial charge is 0.246 e. The Morgan fingerprint density at radius 3 is 2.65 bits per heavy atom. The molecule has 0 aliphatic carbocycles. The van der Waals surface area contributed by atoms with Crippen molar-refractivity contribution in [3.05, 3.63) is 59.1 Å². The second-order valence-corrected chi connectivity index (χ2v) is 9.93. The number of hydrogen-bond acceptors (Lipinski definition) is 5. The van der Waals surface area contributed by atoms with Gasteiger partial charge in [-0.15, -0.1) is 0 Å². The molecule has 3 N–H and O–H groups in total. The van der Waals surface area contributed by atoms with E-state index in [4.69, 9.17) is 21.7 Å². The van der Waals surface area contributed by atoms with E-state index in [0.29, 0.717) is 42.9 Å². The first-order chi connectivity index (χ1) is 17.7. The summed E-state index contributed by atoms with van der Waals surface area (Å²) in [5, 5.41) is 22.0. The highest BCUT2D eigenvalue weighted by molar-refractivity contribution is 6.34. The van der Waals surface area contributed by atoms with Gasteiger partial charge in [-0.25, -0.2) is 8.78 Å². The van der Waals surface area contributed by atoms with Crippen LogP contribution in [-0.2, 0) is 4.79 Å². The molecule has 2 heterocycles. The number of halogens is 3. The molecule has 2 aromatic rings. The van der Waals surface area contributed by atoms with Crippen molar-refractivity contribution in [1.82, 2.24) is 9.80 Å². The van der Waals surface area contributed by atoms with Gasteiger partial charge in [-0.3, -0.25) is 10.2 Å². The first kappa shape index (κ1) is 26.9. The van der Waals surface area contributed by atoms with E-state index in [1.165, 1.54) is 12.1 Å². The predicted octanol–water partition coefficient (Wildman–Crippen LogP) is 4.66. The summed E-state index contributed by atoms with van der Waals surface area (Å²) in [6, 6.07) is 4.42. The first-order valence-electron chi connectivity index (χ1n) is 12.3. The van der Waals surface area contributed by atoms with Gasteiger partial charge in [0.05, 0.1) is 16.8 Å². The number of nitrogens with one attached hydrogen (secondary N) is 2. The van der Waals surface area contributed by atoms with Gasteiger partial charge in [0.2, 0.25) is 5.91 Å². The minimum absolute atomic E-state index is 0.0312. The third kappa shape index (κ3) is 5.29. The van der Waals surface area contributed by atoms with Gasteiger partial charge < -0.3 is 25.0 Å². The maximum Gasteiger partial charge on any atom is 0.246 e. The Labute approximate surface area is 220 Å². The number of aliphatic hydroxyl groups excluding tert-OH is 1. The number of carbonyl (C=O) groups is 1. The van der Waals surface area contributed by atoms with E-state index in [-0.39, 0.29) is 59.2 Å². The minimum atomic E-state index is -0.775. The maximum absolute atomic E-state index is 14.8. The van der Waals surface area contributed by atoms with E-state index in [1.807, 2.05) is 18.7 Å². The minimum Gasteiger partial charge on any atom is -0.489 e. The van der Waals surface area contributed by atoms with Crippen LogP contribution in [-0.4, -0.2) is 71.1 Å². The van der Waals surface area contributed by atoms with Gasteiger partial charge in [0.15, 0.2) is 5.75 Å². The average molecular weight is 533 g/mol. The molecule has 198 valence electrons. The summed E-state index contributed by atoms with van der Waals surface area (Å²) in [4.78, 5) is 15.9. The normalized spacial score (nSPS) is 21.1. The van der Waals surface area contributed by atoms with Crippen LogP contribution in [0.15, 0.2) is 36.9 Å². The van der Waals surface area contributed by atoms with Crippen molar-refractivity contribution in [3.8, 4) is 16.9 Å². The third-order valence-electron chi connectivity index (χ3n) is 6.91. The molecule has 1 fully saturated rings. The van der Waals surface area contributed by atoms with Crippen LogP contribution in [0.4, 0.5) is 14.5 Å².